The summed E-state index contributed by atoms with van der Waals surface area (Å²) in [5.74, 6) is 2.79. The van der Waals surface area contributed by atoms with Crippen LogP contribution in [0.1, 0.15) is 87.2 Å². The summed E-state index contributed by atoms with van der Waals surface area (Å²) in [6.07, 6.45) is 3.09. The molecule has 13 heteroatoms. The van der Waals surface area contributed by atoms with Crippen LogP contribution in [0.4, 0.5) is 34.6 Å². The monoisotopic (exact) mass is 790 g/mol. The Balaban J connectivity index is 0.000000351. The van der Waals surface area contributed by atoms with Crippen LogP contribution in [0.15, 0.2) is 59.6 Å². The summed E-state index contributed by atoms with van der Waals surface area (Å²) >= 11 is 3.62. The van der Waals surface area contributed by atoms with E-state index < -0.39 is 0 Å². The fraction of sp³-hybridized carbons (Fsp3) is 0.450. The molecule has 0 saturated heterocycles. The summed E-state index contributed by atoms with van der Waals surface area (Å²) in [5, 5.41) is 11.9. The zero-order chi connectivity index (χ0) is 40.1. The number of aryl methyl sites for hydroxylation is 2. The molecule has 0 unspecified atom stereocenters. The van der Waals surface area contributed by atoms with Gasteiger partial charge in [0, 0.05) is 69.8 Å². The molecule has 53 heavy (non-hydrogen) atoms. The van der Waals surface area contributed by atoms with Crippen LogP contribution in [0.3, 0.4) is 0 Å². The van der Waals surface area contributed by atoms with Crippen molar-refractivity contribution in [2.45, 2.75) is 69.2 Å². The van der Waals surface area contributed by atoms with Crippen molar-refractivity contribution in [2.75, 3.05) is 61.7 Å². The van der Waals surface area contributed by atoms with Gasteiger partial charge >= 0.3 is 0 Å². The number of aromatic nitrogens is 4. The Kier molecular flexibility index (Phi) is 16.7. The van der Waals surface area contributed by atoms with E-state index in [1.807, 2.05) is 78.2 Å². The van der Waals surface area contributed by atoms with Gasteiger partial charge < -0.3 is 31.1 Å². The second-order valence-electron chi connectivity index (χ2n) is 14.9. The van der Waals surface area contributed by atoms with E-state index in [0.29, 0.717) is 22.8 Å². The van der Waals surface area contributed by atoms with Crippen LogP contribution in [0.5, 0.6) is 0 Å². The van der Waals surface area contributed by atoms with Crippen molar-refractivity contribution >= 4 is 62.4 Å². The molecule has 0 saturated carbocycles. The molecular formula is C40H59BrN10O2. The highest BCUT2D eigenvalue weighted by Gasteiger charge is 2.20. The van der Waals surface area contributed by atoms with Gasteiger partial charge in [0.05, 0.1) is 0 Å². The number of carbonyl (C=O) groups excluding carboxylic acids is 2. The third kappa shape index (κ3) is 13.9. The third-order valence-corrected chi connectivity index (χ3v) is 8.30. The predicted octanol–water partition coefficient (Wildman–Crippen LogP) is 8.53. The Hall–Kier alpha value is -4.78. The van der Waals surface area contributed by atoms with E-state index >= 15 is 0 Å². The first-order valence-electron chi connectivity index (χ1n) is 17.8. The molecule has 4 aromatic rings. The molecule has 4 rings (SSSR count). The van der Waals surface area contributed by atoms with Gasteiger partial charge in [0.2, 0.25) is 0 Å². The van der Waals surface area contributed by atoms with E-state index in [-0.39, 0.29) is 22.6 Å². The Morgan fingerprint density at radius 1 is 0.679 bits per heavy atom. The molecule has 0 aliphatic heterocycles. The lowest BCUT2D eigenvalue weighted by atomic mass is 9.96. The van der Waals surface area contributed by atoms with Crippen molar-refractivity contribution in [3.63, 3.8) is 0 Å². The third-order valence-electron chi connectivity index (χ3n) is 7.57. The summed E-state index contributed by atoms with van der Waals surface area (Å²) < 4.78 is 0.788. The van der Waals surface area contributed by atoms with Crippen molar-refractivity contribution in [1.82, 2.24) is 30.6 Å². The number of nitrogens with one attached hydrogen (secondary N) is 4. The first-order chi connectivity index (χ1) is 24.8. The lowest BCUT2D eigenvalue weighted by Gasteiger charge is -2.28. The first-order valence-corrected chi connectivity index (χ1v) is 18.6. The average Bonchev–Trinajstić information content (AvgIpc) is 3.10. The summed E-state index contributed by atoms with van der Waals surface area (Å²) in [7, 11) is 7.28. The zero-order valence-electron chi connectivity index (χ0n) is 34.0. The standard InChI is InChI=1S/C19H26BrN5O.C19H27N5O.C2H6/c1-12-7-8-13(18(26)21-5)9-14(12)24-16-15(20)17(23-11-22-16)25(6)10-19(2,3)4;1-13-7-8-14(18(25)20-5)9-15(13)23-16-10-17(22-12-21-16)24(6)11-19(2,3)4;1-2/h7-9,11H,10H2,1-6H3,(H,21,26)(H,22,23,24);7-10,12H,11H2,1-6H3,(H,20,25)(H,21,22,23);1-2H3. The largest absolute Gasteiger partial charge is 0.359 e. The number of amides is 2. The van der Waals surface area contributed by atoms with E-state index in [0.717, 1.165) is 51.7 Å². The van der Waals surface area contributed by atoms with Gasteiger partial charge in [-0.25, -0.2) is 19.9 Å². The maximum Gasteiger partial charge on any atom is 0.251 e. The molecule has 0 spiro atoms. The van der Waals surface area contributed by atoms with Gasteiger partial charge in [-0.15, -0.1) is 0 Å². The normalized spacial score (nSPS) is 10.8. The van der Waals surface area contributed by atoms with E-state index in [1.54, 1.807) is 32.8 Å². The van der Waals surface area contributed by atoms with Crippen LogP contribution in [-0.4, -0.2) is 73.0 Å². The molecule has 2 amide bonds. The van der Waals surface area contributed by atoms with E-state index in [9.17, 15) is 9.59 Å². The Morgan fingerprint density at radius 2 is 1.15 bits per heavy atom. The van der Waals surface area contributed by atoms with Crippen molar-refractivity contribution < 1.29 is 9.59 Å². The summed E-state index contributed by atoms with van der Waals surface area (Å²) in [4.78, 5) is 45.4. The Labute approximate surface area is 325 Å². The summed E-state index contributed by atoms with van der Waals surface area (Å²) in [5.41, 5.74) is 5.25. The van der Waals surface area contributed by atoms with Gasteiger partial charge in [-0.2, -0.15) is 0 Å². The molecule has 0 atom stereocenters. The number of anilines is 6. The quantitative estimate of drug-likeness (QED) is 0.124. The highest BCUT2D eigenvalue weighted by molar-refractivity contribution is 9.10. The van der Waals surface area contributed by atoms with Crippen molar-refractivity contribution in [3.05, 3.63) is 81.8 Å². The number of nitrogens with zero attached hydrogens (tertiary/aromatic N) is 6. The summed E-state index contributed by atoms with van der Waals surface area (Å²) in [6, 6.07) is 13.0. The van der Waals surface area contributed by atoms with E-state index in [4.69, 9.17) is 0 Å². The molecule has 288 valence electrons. The van der Waals surface area contributed by atoms with E-state index in [1.165, 1.54) is 0 Å². The number of hydrogen-bond donors (Lipinski definition) is 4. The molecule has 0 fully saturated rings. The highest BCUT2D eigenvalue weighted by atomic mass is 79.9. The smallest absolute Gasteiger partial charge is 0.251 e. The fourth-order valence-electron chi connectivity index (χ4n) is 5.27. The Morgan fingerprint density at radius 3 is 1.64 bits per heavy atom. The van der Waals surface area contributed by atoms with Crippen LogP contribution >= 0.6 is 15.9 Å². The molecule has 0 radical (unpaired) electrons. The lowest BCUT2D eigenvalue weighted by molar-refractivity contribution is 0.0955. The summed E-state index contributed by atoms with van der Waals surface area (Å²) in [6.45, 7) is 22.8. The van der Waals surface area contributed by atoms with Gasteiger partial charge in [-0.1, -0.05) is 67.5 Å². The van der Waals surface area contributed by atoms with Gasteiger partial charge in [0.15, 0.2) is 0 Å². The maximum atomic E-state index is 11.9. The van der Waals surface area contributed by atoms with E-state index in [2.05, 4.69) is 108 Å². The number of rotatable bonds is 10. The minimum Gasteiger partial charge on any atom is -0.359 e. The molecule has 0 aliphatic rings. The van der Waals surface area contributed by atoms with Crippen molar-refractivity contribution in [3.8, 4) is 0 Å². The molecule has 0 aliphatic carbocycles. The van der Waals surface area contributed by atoms with Crippen molar-refractivity contribution in [1.29, 1.82) is 0 Å². The topological polar surface area (TPSA) is 140 Å². The molecule has 12 nitrogen and oxygen atoms in total. The zero-order valence-corrected chi connectivity index (χ0v) is 35.6. The molecule has 2 aromatic heterocycles. The number of carbonyl (C=O) groups is 2. The predicted molar refractivity (Wildman–Crippen MR) is 224 cm³/mol. The van der Waals surface area contributed by atoms with Crippen molar-refractivity contribution in [2.24, 2.45) is 10.8 Å². The van der Waals surface area contributed by atoms with Crippen LogP contribution in [0.2, 0.25) is 0 Å². The van der Waals surface area contributed by atoms with Crippen LogP contribution in [0, 0.1) is 24.7 Å². The van der Waals surface area contributed by atoms with Crippen LogP contribution in [0.25, 0.3) is 0 Å². The molecular weight excluding hydrogens is 732 g/mol. The van der Waals surface area contributed by atoms with Crippen LogP contribution in [-0.2, 0) is 0 Å². The minimum atomic E-state index is -0.125. The fourth-order valence-corrected chi connectivity index (χ4v) is 5.87. The second kappa shape index (κ2) is 19.9. The Bertz CT molecular complexity index is 1820. The average molecular weight is 792 g/mol. The highest BCUT2D eigenvalue weighted by Crippen LogP contribution is 2.33. The van der Waals surface area contributed by atoms with Crippen LogP contribution < -0.4 is 31.1 Å². The molecule has 0 bridgehead atoms. The number of halogens is 1. The molecule has 2 heterocycles. The number of benzene rings is 2. The SMILES string of the molecule is CC.CNC(=O)c1ccc(C)c(Nc2cc(N(C)CC(C)(C)C)ncn2)c1.CNC(=O)c1ccc(C)c(Nc2ncnc(N(C)CC(C)(C)C)c2Br)c1. The molecule has 2 aromatic carbocycles. The van der Waals surface area contributed by atoms with Gasteiger partial charge in [0.1, 0.15) is 40.4 Å². The van der Waals surface area contributed by atoms with Gasteiger partial charge in [-0.05, 0) is 76.0 Å². The lowest BCUT2D eigenvalue weighted by Crippen LogP contribution is -2.30. The maximum absolute atomic E-state index is 11.9. The van der Waals surface area contributed by atoms with Gasteiger partial charge in [0.25, 0.3) is 11.8 Å². The van der Waals surface area contributed by atoms with Gasteiger partial charge in [-0.3, -0.25) is 9.59 Å². The first kappa shape index (κ1) is 44.4. The minimum absolute atomic E-state index is 0.115. The second-order valence-corrected chi connectivity index (χ2v) is 15.7. The molecule has 4 N–H and O–H groups in total. The number of hydrogen-bond acceptors (Lipinski definition) is 10.